The molecule has 0 aromatic heterocycles. The van der Waals surface area contributed by atoms with E-state index in [2.05, 4.69) is 6.92 Å². The summed E-state index contributed by atoms with van der Waals surface area (Å²) < 4.78 is 34.2. The van der Waals surface area contributed by atoms with Gasteiger partial charge in [-0.15, -0.1) is 0 Å². The van der Waals surface area contributed by atoms with Crippen molar-refractivity contribution in [2.45, 2.75) is 56.3 Å². The van der Waals surface area contributed by atoms with E-state index in [1.807, 2.05) is 0 Å². The van der Waals surface area contributed by atoms with Gasteiger partial charge in [0.25, 0.3) is 5.69 Å². The predicted molar refractivity (Wildman–Crippen MR) is 120 cm³/mol. The highest BCUT2D eigenvalue weighted by molar-refractivity contribution is 7.89. The maximum atomic E-state index is 13.4. The first-order valence-corrected chi connectivity index (χ1v) is 12.3. The van der Waals surface area contributed by atoms with Crippen LogP contribution in [0.5, 0.6) is 0 Å². The zero-order chi connectivity index (χ0) is 22.6. The Morgan fingerprint density at radius 2 is 1.84 bits per heavy atom. The van der Waals surface area contributed by atoms with Crippen LogP contribution in [0.25, 0.3) is 0 Å². The van der Waals surface area contributed by atoms with E-state index in [1.165, 1.54) is 28.6 Å². The lowest BCUT2D eigenvalue weighted by atomic mass is 10.1. The Hall–Kier alpha value is -1.71. The molecule has 0 spiro atoms. The fraction of sp³-hybridized carbons (Fsp3) is 0.429. The van der Waals surface area contributed by atoms with E-state index in [9.17, 15) is 18.5 Å². The lowest BCUT2D eigenvalue weighted by molar-refractivity contribution is -0.384. The molecular weight excluding hydrogens is 463 g/mol. The predicted octanol–water partition coefficient (Wildman–Crippen LogP) is 5.96. The molecule has 0 aliphatic carbocycles. The van der Waals surface area contributed by atoms with Crippen LogP contribution in [0, 0.1) is 10.1 Å². The van der Waals surface area contributed by atoms with Gasteiger partial charge >= 0.3 is 0 Å². The molecule has 2 atom stereocenters. The topological polar surface area (TPSA) is 89.8 Å². The van der Waals surface area contributed by atoms with Crippen LogP contribution in [0.3, 0.4) is 0 Å². The van der Waals surface area contributed by atoms with Crippen LogP contribution >= 0.6 is 23.2 Å². The molecule has 0 bridgehead atoms. The highest BCUT2D eigenvalue weighted by Gasteiger charge is 2.42. The molecule has 0 amide bonds. The lowest BCUT2D eigenvalue weighted by Gasteiger charge is -2.23. The molecule has 1 saturated heterocycles. The van der Waals surface area contributed by atoms with Crippen molar-refractivity contribution in [3.05, 3.63) is 68.2 Å². The van der Waals surface area contributed by atoms with Gasteiger partial charge in [0.2, 0.25) is 10.0 Å². The van der Waals surface area contributed by atoms with Gasteiger partial charge in [0.05, 0.1) is 15.9 Å². The number of nitro groups is 1. The van der Waals surface area contributed by atoms with Gasteiger partial charge in [0, 0.05) is 34.3 Å². The van der Waals surface area contributed by atoms with E-state index < -0.39 is 21.2 Å². The third-order valence-corrected chi connectivity index (χ3v) is 7.62. The summed E-state index contributed by atoms with van der Waals surface area (Å²) in [5.74, 6) is 0. The minimum atomic E-state index is -3.98. The summed E-state index contributed by atoms with van der Waals surface area (Å²) in [5, 5.41) is 11.7. The fourth-order valence-electron chi connectivity index (χ4n) is 3.58. The first-order valence-electron chi connectivity index (χ1n) is 10.1. The van der Waals surface area contributed by atoms with E-state index >= 15 is 0 Å². The Labute approximate surface area is 192 Å². The maximum absolute atomic E-state index is 13.4. The molecule has 168 valence electrons. The van der Waals surface area contributed by atoms with Crippen LogP contribution in [0.1, 0.15) is 50.8 Å². The number of hydrogen-bond donors (Lipinski definition) is 0. The largest absolute Gasteiger partial charge is 0.353 e. The molecule has 1 aliphatic rings. The smallest absolute Gasteiger partial charge is 0.269 e. The molecule has 0 saturated carbocycles. The van der Waals surface area contributed by atoms with Crippen LogP contribution in [0.4, 0.5) is 5.69 Å². The number of benzene rings is 2. The molecule has 1 unspecified atom stereocenters. The van der Waals surface area contributed by atoms with Gasteiger partial charge in [-0.3, -0.25) is 10.1 Å². The van der Waals surface area contributed by atoms with Gasteiger partial charge in [0.15, 0.2) is 6.23 Å². The van der Waals surface area contributed by atoms with Crippen LogP contribution in [0.15, 0.2) is 47.4 Å². The molecule has 3 rings (SSSR count). The van der Waals surface area contributed by atoms with Gasteiger partial charge in [0.1, 0.15) is 0 Å². The van der Waals surface area contributed by atoms with E-state index in [4.69, 9.17) is 27.9 Å². The van der Waals surface area contributed by atoms with Crippen LogP contribution in [0.2, 0.25) is 10.0 Å². The number of halogens is 2. The zero-order valence-corrected chi connectivity index (χ0v) is 19.4. The highest BCUT2D eigenvalue weighted by atomic mass is 35.5. The van der Waals surface area contributed by atoms with Gasteiger partial charge in [-0.1, -0.05) is 61.9 Å². The lowest BCUT2D eigenvalue weighted by Crippen LogP contribution is -2.32. The summed E-state index contributed by atoms with van der Waals surface area (Å²) >= 11 is 12.4. The second kappa shape index (κ2) is 10.3. The van der Waals surface area contributed by atoms with Crippen molar-refractivity contribution in [3.8, 4) is 0 Å². The molecule has 1 fully saturated rings. The molecular formula is C21H24Cl2N2O5S. The van der Waals surface area contributed by atoms with Crippen molar-refractivity contribution in [2.75, 3.05) is 6.54 Å². The van der Waals surface area contributed by atoms with Crippen molar-refractivity contribution in [2.24, 2.45) is 0 Å². The summed E-state index contributed by atoms with van der Waals surface area (Å²) in [5.41, 5.74) is 0.329. The molecule has 1 heterocycles. The first-order chi connectivity index (χ1) is 14.7. The van der Waals surface area contributed by atoms with Crippen molar-refractivity contribution in [1.82, 2.24) is 4.31 Å². The molecule has 0 radical (unpaired) electrons. The Kier molecular flexibility index (Phi) is 7.93. The molecule has 0 N–H and O–H groups in total. The molecule has 10 heteroatoms. The van der Waals surface area contributed by atoms with Crippen LogP contribution in [-0.4, -0.2) is 30.3 Å². The Balaban J connectivity index is 1.91. The van der Waals surface area contributed by atoms with E-state index in [0.29, 0.717) is 15.6 Å². The van der Waals surface area contributed by atoms with Crippen LogP contribution < -0.4 is 0 Å². The van der Waals surface area contributed by atoms with Crippen LogP contribution in [-0.2, 0) is 14.8 Å². The second-order valence-corrected chi connectivity index (χ2v) is 10.2. The molecule has 2 aromatic rings. The summed E-state index contributed by atoms with van der Waals surface area (Å²) in [6, 6.07) is 9.68. The number of ether oxygens (including phenoxy) is 1. The summed E-state index contributed by atoms with van der Waals surface area (Å²) in [4.78, 5) is 10.3. The standard InChI is InChI=1S/C21H24Cl2N2O5S/c1-2-3-4-5-6-17-14-24(21(30-17)19-12-7-15(22)13-20(19)23)31(28,29)18-10-8-16(9-11-18)25(26)27/h7-13,17,21H,2-6,14H2,1H3/t17-,21?/m0/s1. The molecule has 1 aliphatic heterocycles. The number of nitrogens with zero attached hydrogens (tertiary/aromatic N) is 2. The van der Waals surface area contributed by atoms with Gasteiger partial charge < -0.3 is 4.74 Å². The Morgan fingerprint density at radius 3 is 2.45 bits per heavy atom. The van der Waals surface area contributed by atoms with E-state index in [1.54, 1.807) is 18.2 Å². The third-order valence-electron chi connectivity index (χ3n) is 5.23. The number of unbranched alkanes of at least 4 members (excludes halogenated alkanes) is 3. The SMILES string of the molecule is CCCCCC[C@H]1CN(S(=O)(=O)c2ccc([N+](=O)[O-])cc2)C(c2ccc(Cl)cc2Cl)O1. The first kappa shape index (κ1) is 23.9. The number of hydrogen-bond acceptors (Lipinski definition) is 5. The van der Waals surface area contributed by atoms with Crippen molar-refractivity contribution >= 4 is 38.9 Å². The third kappa shape index (κ3) is 5.56. The Morgan fingerprint density at radius 1 is 1.13 bits per heavy atom. The monoisotopic (exact) mass is 486 g/mol. The molecule has 31 heavy (non-hydrogen) atoms. The number of sulfonamides is 1. The normalized spacial score (nSPS) is 19.6. The average Bonchev–Trinajstić information content (AvgIpc) is 3.16. The zero-order valence-electron chi connectivity index (χ0n) is 17.0. The van der Waals surface area contributed by atoms with Crippen molar-refractivity contribution < 1.29 is 18.1 Å². The van der Waals surface area contributed by atoms with Gasteiger partial charge in [-0.2, -0.15) is 4.31 Å². The highest BCUT2D eigenvalue weighted by Crippen LogP contribution is 2.40. The van der Waals surface area contributed by atoms with E-state index in [-0.39, 0.29) is 23.2 Å². The minimum Gasteiger partial charge on any atom is -0.353 e. The summed E-state index contributed by atoms with van der Waals surface area (Å²) in [6.45, 7) is 2.30. The Bertz CT molecular complexity index is 1030. The maximum Gasteiger partial charge on any atom is 0.269 e. The molecule has 7 nitrogen and oxygen atoms in total. The summed E-state index contributed by atoms with van der Waals surface area (Å²) in [7, 11) is -3.98. The summed E-state index contributed by atoms with van der Waals surface area (Å²) in [6.07, 6.45) is 3.76. The van der Waals surface area contributed by atoms with E-state index in [0.717, 1.165) is 32.1 Å². The average molecular weight is 487 g/mol. The second-order valence-electron chi connectivity index (χ2n) is 7.45. The minimum absolute atomic E-state index is 0.0385. The van der Waals surface area contributed by atoms with Gasteiger partial charge in [-0.05, 0) is 30.7 Å². The number of non-ortho nitro benzene ring substituents is 1. The fourth-order valence-corrected chi connectivity index (χ4v) is 5.61. The number of nitro benzene ring substituents is 1. The van der Waals surface area contributed by atoms with Gasteiger partial charge in [-0.25, -0.2) is 8.42 Å². The quantitative estimate of drug-likeness (QED) is 0.247. The molecule has 2 aromatic carbocycles. The van der Waals surface area contributed by atoms with Crippen molar-refractivity contribution in [3.63, 3.8) is 0 Å². The van der Waals surface area contributed by atoms with Crippen molar-refractivity contribution in [1.29, 1.82) is 0 Å². The number of rotatable bonds is 9.